The lowest BCUT2D eigenvalue weighted by Crippen LogP contribution is -2.17. The van der Waals surface area contributed by atoms with Crippen molar-refractivity contribution in [2.24, 2.45) is 0 Å². The number of H-pyrrole nitrogens is 1. The third-order valence-corrected chi connectivity index (χ3v) is 4.71. The second-order valence-electron chi connectivity index (χ2n) is 4.63. The number of rotatable bonds is 2. The summed E-state index contributed by atoms with van der Waals surface area (Å²) in [5, 5.41) is 18.5. The van der Waals surface area contributed by atoms with Crippen LogP contribution in [-0.2, 0) is 9.84 Å². The van der Waals surface area contributed by atoms with Gasteiger partial charge in [0.05, 0.1) is 4.90 Å². The van der Waals surface area contributed by atoms with Crippen molar-refractivity contribution in [1.29, 1.82) is 10.5 Å². The summed E-state index contributed by atoms with van der Waals surface area (Å²) in [5.41, 5.74) is 4.29. The molecule has 1 aromatic heterocycles. The topological polar surface area (TPSA) is 141 Å². The third-order valence-electron chi connectivity index (χ3n) is 3.08. The van der Waals surface area contributed by atoms with E-state index in [4.69, 9.17) is 5.73 Å². The Bertz CT molecular complexity index is 1060. The zero-order valence-electron chi connectivity index (χ0n) is 11.7. The Morgan fingerprint density at radius 3 is 2.35 bits per heavy atom. The first-order chi connectivity index (χ1) is 10.7. The number of anilines is 1. The summed E-state index contributed by atoms with van der Waals surface area (Å²) < 4.78 is 24.6. The number of halogens is 1. The highest BCUT2D eigenvalue weighted by molar-refractivity contribution is 9.10. The largest absolute Gasteiger partial charge is 0.384 e. The normalized spacial score (nSPS) is 10.8. The molecule has 2 aromatic rings. The average molecular weight is 393 g/mol. The number of aromatic amines is 1. The molecule has 0 atom stereocenters. The summed E-state index contributed by atoms with van der Waals surface area (Å²) in [6.45, 7) is 0. The highest BCUT2D eigenvalue weighted by Crippen LogP contribution is 2.34. The minimum atomic E-state index is -3.68. The van der Waals surface area contributed by atoms with Gasteiger partial charge in [-0.1, -0.05) is 22.0 Å². The fraction of sp³-hybridized carbons (Fsp3) is 0.0714. The summed E-state index contributed by atoms with van der Waals surface area (Å²) in [7, 11) is -3.68. The van der Waals surface area contributed by atoms with E-state index in [1.807, 2.05) is 0 Å². The second-order valence-corrected chi connectivity index (χ2v) is 7.53. The Balaban J connectivity index is 3.09. The van der Waals surface area contributed by atoms with Crippen molar-refractivity contribution in [3.8, 4) is 23.3 Å². The van der Waals surface area contributed by atoms with Gasteiger partial charge in [0.2, 0.25) is 0 Å². The molecule has 0 aliphatic heterocycles. The van der Waals surface area contributed by atoms with Gasteiger partial charge >= 0.3 is 0 Å². The number of benzene rings is 1. The number of nitrogens with one attached hydrogen (secondary N) is 1. The number of hydrogen-bond acceptors (Lipinski definition) is 6. The van der Waals surface area contributed by atoms with Gasteiger partial charge in [-0.3, -0.25) is 4.79 Å². The van der Waals surface area contributed by atoms with Crippen molar-refractivity contribution >= 4 is 31.6 Å². The minimum absolute atomic E-state index is 0.0709. The average Bonchev–Trinajstić information content (AvgIpc) is 2.45. The van der Waals surface area contributed by atoms with Gasteiger partial charge in [-0.05, 0) is 12.1 Å². The number of nitrogen functional groups attached to an aromatic ring is 1. The molecule has 9 heteroatoms. The molecule has 23 heavy (non-hydrogen) atoms. The van der Waals surface area contributed by atoms with Crippen LogP contribution in [-0.4, -0.2) is 19.7 Å². The van der Waals surface area contributed by atoms with E-state index in [0.29, 0.717) is 4.47 Å². The Labute approximate surface area is 140 Å². The Morgan fingerprint density at radius 1 is 1.22 bits per heavy atom. The quantitative estimate of drug-likeness (QED) is 0.793. The molecule has 0 unspecified atom stereocenters. The summed E-state index contributed by atoms with van der Waals surface area (Å²) in [5.74, 6) is -0.228. The predicted molar refractivity (Wildman–Crippen MR) is 87.2 cm³/mol. The van der Waals surface area contributed by atoms with Crippen LogP contribution in [0.15, 0.2) is 32.4 Å². The maximum Gasteiger partial charge on any atom is 0.268 e. The van der Waals surface area contributed by atoms with E-state index in [1.165, 1.54) is 12.1 Å². The van der Waals surface area contributed by atoms with Gasteiger partial charge in [-0.15, -0.1) is 0 Å². The van der Waals surface area contributed by atoms with Gasteiger partial charge in [-0.25, -0.2) is 8.42 Å². The highest BCUT2D eigenvalue weighted by Gasteiger charge is 2.23. The molecule has 0 radical (unpaired) electrons. The summed E-state index contributed by atoms with van der Waals surface area (Å²) >= 11 is 3.17. The summed E-state index contributed by atoms with van der Waals surface area (Å²) in [6, 6.07) is 7.80. The molecule has 3 N–H and O–H groups in total. The fourth-order valence-electron chi connectivity index (χ4n) is 2.12. The Morgan fingerprint density at radius 2 is 1.83 bits per heavy atom. The van der Waals surface area contributed by atoms with Crippen LogP contribution in [0.1, 0.15) is 11.1 Å². The van der Waals surface area contributed by atoms with Crippen LogP contribution in [0.5, 0.6) is 0 Å². The monoisotopic (exact) mass is 392 g/mol. The molecule has 0 fully saturated rings. The molecular weight excluding hydrogens is 384 g/mol. The number of nitrogens with zero attached hydrogens (tertiary/aromatic N) is 2. The van der Waals surface area contributed by atoms with Crippen LogP contribution in [0.4, 0.5) is 5.82 Å². The van der Waals surface area contributed by atoms with E-state index in [0.717, 1.165) is 6.26 Å². The zero-order valence-corrected chi connectivity index (χ0v) is 14.1. The number of hydrogen-bond donors (Lipinski definition) is 2. The number of pyridine rings is 1. The summed E-state index contributed by atoms with van der Waals surface area (Å²) in [4.78, 5) is 14.0. The lowest BCUT2D eigenvalue weighted by molar-refractivity contribution is 0.602. The molecule has 7 nitrogen and oxygen atoms in total. The maximum absolute atomic E-state index is 12.0. The number of nitriles is 2. The molecule has 2 rings (SSSR count). The van der Waals surface area contributed by atoms with Gasteiger partial charge < -0.3 is 10.7 Å². The lowest BCUT2D eigenvalue weighted by Gasteiger charge is -2.12. The van der Waals surface area contributed by atoms with Crippen molar-refractivity contribution in [2.45, 2.75) is 4.90 Å². The molecule has 0 bridgehead atoms. The third kappa shape index (κ3) is 2.97. The second kappa shape index (κ2) is 5.88. The van der Waals surface area contributed by atoms with Crippen LogP contribution in [0.3, 0.4) is 0 Å². The van der Waals surface area contributed by atoms with Crippen molar-refractivity contribution in [1.82, 2.24) is 4.98 Å². The molecular formula is C14H9BrN4O3S. The SMILES string of the molecule is CS(=O)(=O)c1cc(Br)ccc1-c1c(C#N)c(N)[nH]c(=O)c1C#N. The van der Waals surface area contributed by atoms with Crippen molar-refractivity contribution in [3.05, 3.63) is 44.2 Å². The van der Waals surface area contributed by atoms with Crippen LogP contribution in [0.25, 0.3) is 11.1 Å². The Kier molecular flexibility index (Phi) is 4.28. The van der Waals surface area contributed by atoms with Crippen LogP contribution in [0.2, 0.25) is 0 Å². The molecule has 0 aliphatic rings. The highest BCUT2D eigenvalue weighted by atomic mass is 79.9. The van der Waals surface area contributed by atoms with Gasteiger partial charge in [0.1, 0.15) is 29.1 Å². The molecule has 0 saturated heterocycles. The fourth-order valence-corrected chi connectivity index (χ4v) is 3.55. The lowest BCUT2D eigenvalue weighted by atomic mass is 9.96. The zero-order chi connectivity index (χ0) is 17.4. The first-order valence-electron chi connectivity index (χ1n) is 6.06. The van der Waals surface area contributed by atoms with E-state index in [-0.39, 0.29) is 33.0 Å². The van der Waals surface area contributed by atoms with E-state index in [9.17, 15) is 23.7 Å². The molecule has 0 amide bonds. The first-order valence-corrected chi connectivity index (χ1v) is 8.75. The van der Waals surface area contributed by atoms with Crippen molar-refractivity contribution in [2.75, 3.05) is 12.0 Å². The van der Waals surface area contributed by atoms with Gasteiger partial charge in [0.25, 0.3) is 5.56 Å². The van der Waals surface area contributed by atoms with Gasteiger partial charge in [0, 0.05) is 21.9 Å². The molecule has 0 saturated carbocycles. The Hall–Kier alpha value is -2.62. The standard InChI is InChI=1S/C14H9BrN4O3S/c1-23(21,22)11-4-7(15)2-3-8(11)12-9(5-16)13(18)19-14(20)10(12)6-17/h2-4H,1H3,(H3,18,19,20). The van der Waals surface area contributed by atoms with Gasteiger partial charge in [-0.2, -0.15) is 10.5 Å². The molecule has 0 spiro atoms. The van der Waals surface area contributed by atoms with E-state index in [2.05, 4.69) is 20.9 Å². The predicted octanol–water partition coefficient (Wildman–Crippen LogP) is 1.53. The smallest absolute Gasteiger partial charge is 0.268 e. The van der Waals surface area contributed by atoms with Crippen LogP contribution < -0.4 is 11.3 Å². The first kappa shape index (κ1) is 16.7. The minimum Gasteiger partial charge on any atom is -0.384 e. The number of aromatic nitrogens is 1. The van der Waals surface area contributed by atoms with Crippen molar-refractivity contribution in [3.63, 3.8) is 0 Å². The van der Waals surface area contributed by atoms with E-state index < -0.39 is 15.4 Å². The molecule has 0 aliphatic carbocycles. The van der Waals surface area contributed by atoms with E-state index >= 15 is 0 Å². The summed E-state index contributed by atoms with van der Waals surface area (Å²) in [6.07, 6.45) is 0.993. The molecule has 1 aromatic carbocycles. The maximum atomic E-state index is 12.0. The van der Waals surface area contributed by atoms with Crippen molar-refractivity contribution < 1.29 is 8.42 Å². The molecule has 116 valence electrons. The number of nitrogens with two attached hydrogens (primary N) is 1. The van der Waals surface area contributed by atoms with Crippen LogP contribution in [0, 0.1) is 22.7 Å². The van der Waals surface area contributed by atoms with Gasteiger partial charge in [0.15, 0.2) is 9.84 Å². The number of sulfone groups is 1. The van der Waals surface area contributed by atoms with E-state index in [1.54, 1.807) is 18.2 Å². The van der Waals surface area contributed by atoms with Crippen LogP contribution >= 0.6 is 15.9 Å². The molecule has 1 heterocycles.